The maximum Gasteiger partial charge on any atom is 0.251 e. The van der Waals surface area contributed by atoms with Gasteiger partial charge >= 0.3 is 0 Å². The molecule has 1 atom stereocenters. The van der Waals surface area contributed by atoms with E-state index < -0.39 is 0 Å². The van der Waals surface area contributed by atoms with Crippen molar-refractivity contribution in [3.05, 3.63) is 65.2 Å². The highest BCUT2D eigenvalue weighted by molar-refractivity contribution is 5.95. The van der Waals surface area contributed by atoms with Crippen molar-refractivity contribution in [3.63, 3.8) is 0 Å². The molecule has 2 aliphatic carbocycles. The lowest BCUT2D eigenvalue weighted by Gasteiger charge is -2.27. The summed E-state index contributed by atoms with van der Waals surface area (Å²) in [6, 6.07) is 17.7. The normalized spacial score (nSPS) is 25.6. The van der Waals surface area contributed by atoms with Gasteiger partial charge in [0.05, 0.1) is 0 Å². The Balaban J connectivity index is 1.30. The molecule has 2 saturated carbocycles. The van der Waals surface area contributed by atoms with Gasteiger partial charge in [0, 0.05) is 48.9 Å². The van der Waals surface area contributed by atoms with Crippen molar-refractivity contribution in [2.45, 2.75) is 56.5 Å². The van der Waals surface area contributed by atoms with E-state index in [1.54, 1.807) is 0 Å². The summed E-state index contributed by atoms with van der Waals surface area (Å²) in [6.07, 6.45) is 7.51. The molecule has 4 nitrogen and oxygen atoms in total. The standard InChI is InChI=1S/C27H33N3O/c31-26(28-23-7-4-8-23)22-11-12-25-24(15-22)27(13-14-29(18-27)16-21-9-10-21)19-30(25)17-20-5-2-1-3-6-20/h1-3,5-6,11-12,15,21,23H,4,7-10,13-14,16-19H2,(H,28,31). The number of hydrogen-bond donors (Lipinski definition) is 1. The van der Waals surface area contributed by atoms with E-state index in [9.17, 15) is 4.79 Å². The van der Waals surface area contributed by atoms with Gasteiger partial charge in [0.25, 0.3) is 5.91 Å². The molecule has 0 aromatic heterocycles. The molecule has 162 valence electrons. The molecular formula is C27H33N3O. The summed E-state index contributed by atoms with van der Waals surface area (Å²) in [7, 11) is 0. The number of carbonyl (C=O) groups excluding carboxylic acids is 1. The Labute approximate surface area is 185 Å². The number of likely N-dealkylation sites (tertiary alicyclic amines) is 1. The summed E-state index contributed by atoms with van der Waals surface area (Å²) in [4.78, 5) is 18.2. The average molecular weight is 416 g/mol. The van der Waals surface area contributed by atoms with Gasteiger partial charge in [0.1, 0.15) is 0 Å². The second-order valence-electron chi connectivity index (χ2n) is 10.4. The number of hydrogen-bond acceptors (Lipinski definition) is 3. The Morgan fingerprint density at radius 1 is 1.03 bits per heavy atom. The maximum absolute atomic E-state index is 12.9. The molecule has 6 rings (SSSR count). The highest BCUT2D eigenvalue weighted by Gasteiger charge is 2.48. The Hall–Kier alpha value is -2.33. The van der Waals surface area contributed by atoms with Gasteiger partial charge < -0.3 is 15.1 Å². The molecule has 1 N–H and O–H groups in total. The highest BCUT2D eigenvalue weighted by Crippen LogP contribution is 2.48. The third kappa shape index (κ3) is 3.76. The number of anilines is 1. The average Bonchev–Trinajstić information content (AvgIpc) is 3.41. The first-order valence-corrected chi connectivity index (χ1v) is 12.2. The zero-order chi connectivity index (χ0) is 20.8. The van der Waals surface area contributed by atoms with Crippen LogP contribution in [-0.2, 0) is 12.0 Å². The molecule has 0 bridgehead atoms. The molecule has 3 fully saturated rings. The molecule has 1 unspecified atom stereocenters. The third-order valence-corrected chi connectivity index (χ3v) is 7.97. The number of nitrogens with one attached hydrogen (secondary N) is 1. The number of amides is 1. The van der Waals surface area contributed by atoms with Crippen molar-refractivity contribution in [1.82, 2.24) is 10.2 Å². The van der Waals surface area contributed by atoms with E-state index >= 15 is 0 Å². The molecule has 2 aliphatic heterocycles. The summed E-state index contributed by atoms with van der Waals surface area (Å²) >= 11 is 0. The van der Waals surface area contributed by atoms with Gasteiger partial charge in [-0.25, -0.2) is 0 Å². The van der Waals surface area contributed by atoms with E-state index in [-0.39, 0.29) is 11.3 Å². The molecule has 1 amide bonds. The molecule has 2 aromatic rings. The number of carbonyl (C=O) groups is 1. The third-order valence-electron chi connectivity index (χ3n) is 7.97. The first-order chi connectivity index (χ1) is 15.2. The van der Waals surface area contributed by atoms with Crippen molar-refractivity contribution in [1.29, 1.82) is 0 Å². The zero-order valence-corrected chi connectivity index (χ0v) is 18.4. The Bertz CT molecular complexity index is 966. The molecule has 31 heavy (non-hydrogen) atoms. The molecule has 4 heteroatoms. The fraction of sp³-hybridized carbons (Fsp3) is 0.519. The van der Waals surface area contributed by atoms with Crippen molar-refractivity contribution in [2.75, 3.05) is 31.1 Å². The number of nitrogens with zero attached hydrogens (tertiary/aromatic N) is 2. The number of benzene rings is 2. The van der Waals surface area contributed by atoms with Gasteiger partial charge in [-0.1, -0.05) is 30.3 Å². The highest BCUT2D eigenvalue weighted by atomic mass is 16.1. The van der Waals surface area contributed by atoms with Crippen molar-refractivity contribution < 1.29 is 4.79 Å². The molecule has 2 heterocycles. The monoisotopic (exact) mass is 415 g/mol. The first-order valence-electron chi connectivity index (χ1n) is 12.2. The predicted octanol–water partition coefficient (Wildman–Crippen LogP) is 4.34. The van der Waals surface area contributed by atoms with E-state index in [1.807, 2.05) is 6.07 Å². The number of rotatable bonds is 6. The summed E-state index contributed by atoms with van der Waals surface area (Å²) < 4.78 is 0. The van der Waals surface area contributed by atoms with Crippen LogP contribution < -0.4 is 10.2 Å². The fourth-order valence-corrected chi connectivity index (χ4v) is 5.81. The zero-order valence-electron chi connectivity index (χ0n) is 18.4. The molecule has 1 spiro atoms. The largest absolute Gasteiger partial charge is 0.366 e. The van der Waals surface area contributed by atoms with Gasteiger partial charge in [0.2, 0.25) is 0 Å². The number of fused-ring (bicyclic) bond motifs is 2. The lowest BCUT2D eigenvalue weighted by molar-refractivity contribution is 0.0917. The summed E-state index contributed by atoms with van der Waals surface area (Å²) in [5, 5.41) is 3.23. The van der Waals surface area contributed by atoms with Crippen LogP contribution in [-0.4, -0.2) is 43.0 Å². The maximum atomic E-state index is 12.9. The minimum absolute atomic E-state index is 0.108. The van der Waals surface area contributed by atoms with Gasteiger partial charge in [-0.3, -0.25) is 4.79 Å². The van der Waals surface area contributed by atoms with E-state index in [0.29, 0.717) is 6.04 Å². The summed E-state index contributed by atoms with van der Waals surface area (Å²) in [5.74, 6) is 1.04. The topological polar surface area (TPSA) is 35.6 Å². The van der Waals surface area contributed by atoms with Crippen molar-refractivity contribution >= 4 is 11.6 Å². The smallest absolute Gasteiger partial charge is 0.251 e. The Kier molecular flexibility index (Phi) is 4.79. The van der Waals surface area contributed by atoms with Crippen LogP contribution in [0.5, 0.6) is 0 Å². The molecule has 4 aliphatic rings. The lowest BCUT2D eigenvalue weighted by Crippen LogP contribution is -2.39. The van der Waals surface area contributed by atoms with Crippen LogP contribution in [0.15, 0.2) is 48.5 Å². The molecular weight excluding hydrogens is 382 g/mol. The van der Waals surface area contributed by atoms with Crippen LogP contribution >= 0.6 is 0 Å². The quantitative estimate of drug-likeness (QED) is 0.762. The second-order valence-corrected chi connectivity index (χ2v) is 10.4. The minimum atomic E-state index is 0.108. The molecule has 0 radical (unpaired) electrons. The van der Waals surface area contributed by atoms with Crippen molar-refractivity contribution in [2.24, 2.45) is 5.92 Å². The first kappa shape index (κ1) is 19.4. The van der Waals surface area contributed by atoms with Crippen LogP contribution in [0.4, 0.5) is 5.69 Å². The van der Waals surface area contributed by atoms with E-state index in [4.69, 9.17) is 0 Å². The Morgan fingerprint density at radius 3 is 2.61 bits per heavy atom. The van der Waals surface area contributed by atoms with Gasteiger partial charge in [-0.15, -0.1) is 0 Å². The Morgan fingerprint density at radius 2 is 1.87 bits per heavy atom. The van der Waals surface area contributed by atoms with Crippen LogP contribution in [0.1, 0.15) is 60.0 Å². The van der Waals surface area contributed by atoms with E-state index in [2.05, 4.69) is 57.6 Å². The van der Waals surface area contributed by atoms with Gasteiger partial charge in [-0.2, -0.15) is 0 Å². The van der Waals surface area contributed by atoms with Crippen LogP contribution in [0.2, 0.25) is 0 Å². The predicted molar refractivity (Wildman–Crippen MR) is 124 cm³/mol. The molecule has 1 saturated heterocycles. The lowest BCUT2D eigenvalue weighted by atomic mass is 9.81. The van der Waals surface area contributed by atoms with E-state index in [1.165, 1.54) is 55.6 Å². The minimum Gasteiger partial charge on any atom is -0.366 e. The van der Waals surface area contributed by atoms with Crippen molar-refractivity contribution in [3.8, 4) is 0 Å². The van der Waals surface area contributed by atoms with Gasteiger partial charge in [-0.05, 0) is 80.3 Å². The summed E-state index contributed by atoms with van der Waals surface area (Å²) in [6.45, 7) is 5.58. The molecule has 2 aromatic carbocycles. The van der Waals surface area contributed by atoms with Crippen LogP contribution in [0.25, 0.3) is 0 Å². The van der Waals surface area contributed by atoms with Crippen LogP contribution in [0.3, 0.4) is 0 Å². The SMILES string of the molecule is O=C(NC1CCC1)c1ccc2c(c1)C1(CCN(CC3CC3)C1)CN2Cc1ccccc1. The summed E-state index contributed by atoms with van der Waals surface area (Å²) in [5.41, 5.74) is 5.09. The van der Waals surface area contributed by atoms with Crippen LogP contribution in [0, 0.1) is 5.92 Å². The van der Waals surface area contributed by atoms with E-state index in [0.717, 1.165) is 44.0 Å². The fourth-order valence-electron chi connectivity index (χ4n) is 5.81. The van der Waals surface area contributed by atoms with Gasteiger partial charge in [0.15, 0.2) is 0 Å². The second kappa shape index (κ2) is 7.67.